The Morgan fingerprint density at radius 2 is 1.86 bits per heavy atom. The molecule has 5 rings (SSSR count). The molecule has 2 saturated carbocycles. The van der Waals surface area contributed by atoms with Crippen LogP contribution < -0.4 is 5.73 Å². The average molecular weight is 501 g/mol. The number of rotatable bonds is 5. The van der Waals surface area contributed by atoms with Crippen LogP contribution in [-0.2, 0) is 14.3 Å². The molecule has 35 heavy (non-hydrogen) atoms. The molecule has 2 amide bonds. The molecule has 7 nitrogen and oxygen atoms in total. The number of amides is 2. The minimum Gasteiger partial charge on any atom is -0.335 e. The first-order valence-electron chi connectivity index (χ1n) is 13.4. The molecular weight excluding hydrogens is 461 g/mol. The maximum Gasteiger partial charge on any atom is 0.522 e. The monoisotopic (exact) mass is 500 g/mol. The SMILES string of the molecule is CCN(C1CC(OC(F)(F)F)C1)[C@H]1CC[C@H](N)C(=O)N2[C@H](CC[C@H]2C(=O)N2C[C@H](C)CC23CC3)C1. The minimum atomic E-state index is -4.60. The summed E-state index contributed by atoms with van der Waals surface area (Å²) in [6.07, 6.45) is 1.92. The van der Waals surface area contributed by atoms with E-state index in [2.05, 4.69) is 21.5 Å². The average Bonchev–Trinajstić information content (AvgIpc) is 3.27. The van der Waals surface area contributed by atoms with Crippen LogP contribution in [0.25, 0.3) is 0 Å². The van der Waals surface area contributed by atoms with Crippen LogP contribution in [0.2, 0.25) is 0 Å². The Morgan fingerprint density at radius 1 is 1.14 bits per heavy atom. The van der Waals surface area contributed by atoms with Gasteiger partial charge in [0, 0.05) is 30.2 Å². The summed E-state index contributed by atoms with van der Waals surface area (Å²) in [6.45, 7) is 5.71. The Balaban J connectivity index is 1.28. The Hall–Kier alpha value is -1.39. The fraction of sp³-hybridized carbons (Fsp3) is 0.920. The number of fused-ring (bicyclic) bond motifs is 1. The van der Waals surface area contributed by atoms with Gasteiger partial charge < -0.3 is 15.5 Å². The van der Waals surface area contributed by atoms with Crippen LogP contribution in [0.15, 0.2) is 0 Å². The number of hydrogen-bond donors (Lipinski definition) is 1. The Labute approximate surface area is 205 Å². The topological polar surface area (TPSA) is 79.1 Å². The molecule has 2 aliphatic carbocycles. The Kier molecular flexibility index (Phi) is 6.62. The van der Waals surface area contributed by atoms with Gasteiger partial charge in [0.2, 0.25) is 11.8 Å². The molecule has 0 bridgehead atoms. The molecular formula is C25H39F3N4O3. The lowest BCUT2D eigenvalue weighted by atomic mass is 9.84. The third-order valence-corrected chi connectivity index (χ3v) is 9.28. The van der Waals surface area contributed by atoms with Gasteiger partial charge in [-0.05, 0) is 76.7 Å². The van der Waals surface area contributed by atoms with E-state index in [-0.39, 0.29) is 35.5 Å². The molecule has 10 heteroatoms. The summed E-state index contributed by atoms with van der Waals surface area (Å²) in [5.74, 6) is 0.455. The van der Waals surface area contributed by atoms with Gasteiger partial charge in [0.1, 0.15) is 6.04 Å². The molecule has 3 heterocycles. The molecule has 2 N–H and O–H groups in total. The van der Waals surface area contributed by atoms with Crippen LogP contribution in [0.4, 0.5) is 13.2 Å². The van der Waals surface area contributed by atoms with Gasteiger partial charge in [-0.25, -0.2) is 0 Å². The lowest BCUT2D eigenvalue weighted by molar-refractivity contribution is -0.354. The van der Waals surface area contributed by atoms with Crippen molar-refractivity contribution in [3.63, 3.8) is 0 Å². The zero-order chi connectivity index (χ0) is 25.1. The number of carbonyl (C=O) groups excluding carboxylic acids is 2. The van der Waals surface area contributed by atoms with Gasteiger partial charge >= 0.3 is 6.36 Å². The van der Waals surface area contributed by atoms with E-state index in [4.69, 9.17) is 5.73 Å². The molecule has 198 valence electrons. The standard InChI is InChI=1S/C25H39F3N4O3/c1-3-30(18-11-19(12-18)35-25(26,27)28)16-4-6-20(29)22(33)32-17(10-16)5-7-21(32)23(34)31-14-15(2)13-24(31)8-9-24/h15-21H,3-14,29H2,1-2H3/t15-,16+,17-,18?,19?,20+,21+/m1/s1. The number of ether oxygens (including phenoxy) is 1. The number of nitrogens with two attached hydrogens (primary N) is 1. The van der Waals surface area contributed by atoms with Crippen molar-refractivity contribution in [2.45, 2.75) is 126 Å². The van der Waals surface area contributed by atoms with E-state index in [1.165, 1.54) is 0 Å². The maximum atomic E-state index is 13.7. The number of nitrogens with zero attached hydrogens (tertiary/aromatic N) is 3. The first-order valence-corrected chi connectivity index (χ1v) is 13.4. The van der Waals surface area contributed by atoms with E-state index in [9.17, 15) is 22.8 Å². The number of halogens is 3. The zero-order valence-corrected chi connectivity index (χ0v) is 20.8. The second-order valence-electron chi connectivity index (χ2n) is 11.7. The molecule has 3 saturated heterocycles. The van der Waals surface area contributed by atoms with Crippen LogP contribution in [0.5, 0.6) is 0 Å². The highest BCUT2D eigenvalue weighted by Gasteiger charge is 2.57. The summed E-state index contributed by atoms with van der Waals surface area (Å²) >= 11 is 0. The van der Waals surface area contributed by atoms with E-state index < -0.39 is 24.6 Å². The molecule has 0 aromatic heterocycles. The molecule has 5 atom stereocenters. The van der Waals surface area contributed by atoms with Gasteiger partial charge in [0.25, 0.3) is 0 Å². The second kappa shape index (κ2) is 9.17. The highest BCUT2D eigenvalue weighted by Crippen LogP contribution is 2.52. The van der Waals surface area contributed by atoms with E-state index in [1.807, 2.05) is 11.8 Å². The third kappa shape index (κ3) is 4.82. The minimum absolute atomic E-state index is 0.0171. The number of alkyl halides is 3. The van der Waals surface area contributed by atoms with Crippen molar-refractivity contribution in [3.05, 3.63) is 0 Å². The van der Waals surface area contributed by atoms with Crippen molar-refractivity contribution in [1.29, 1.82) is 0 Å². The lowest BCUT2D eigenvalue weighted by Crippen LogP contribution is -2.59. The van der Waals surface area contributed by atoms with E-state index in [0.29, 0.717) is 31.6 Å². The molecule has 5 fully saturated rings. The van der Waals surface area contributed by atoms with Crippen molar-refractivity contribution < 1.29 is 27.5 Å². The summed E-state index contributed by atoms with van der Waals surface area (Å²) in [5, 5.41) is 0. The fourth-order valence-corrected chi connectivity index (χ4v) is 7.47. The van der Waals surface area contributed by atoms with E-state index in [1.54, 1.807) is 0 Å². The Bertz CT molecular complexity index is 829. The molecule has 0 unspecified atom stereocenters. The van der Waals surface area contributed by atoms with Gasteiger partial charge in [-0.3, -0.25) is 19.2 Å². The van der Waals surface area contributed by atoms with Crippen molar-refractivity contribution in [3.8, 4) is 0 Å². The smallest absolute Gasteiger partial charge is 0.335 e. The van der Waals surface area contributed by atoms with Crippen molar-refractivity contribution >= 4 is 11.8 Å². The van der Waals surface area contributed by atoms with E-state index >= 15 is 0 Å². The van der Waals surface area contributed by atoms with Crippen LogP contribution in [0.3, 0.4) is 0 Å². The van der Waals surface area contributed by atoms with Crippen LogP contribution in [-0.4, -0.2) is 87.8 Å². The predicted molar refractivity (Wildman–Crippen MR) is 123 cm³/mol. The van der Waals surface area contributed by atoms with Crippen LogP contribution >= 0.6 is 0 Å². The van der Waals surface area contributed by atoms with Crippen molar-refractivity contribution in [2.24, 2.45) is 11.7 Å². The number of hydrogen-bond acceptors (Lipinski definition) is 5. The summed E-state index contributed by atoms with van der Waals surface area (Å²) in [5.41, 5.74) is 6.36. The maximum absolute atomic E-state index is 13.7. The van der Waals surface area contributed by atoms with Gasteiger partial charge in [0.05, 0.1) is 12.1 Å². The summed E-state index contributed by atoms with van der Waals surface area (Å²) < 4.78 is 42.0. The van der Waals surface area contributed by atoms with Crippen molar-refractivity contribution in [2.75, 3.05) is 13.1 Å². The quantitative estimate of drug-likeness (QED) is 0.628. The van der Waals surface area contributed by atoms with Gasteiger partial charge in [-0.1, -0.05) is 13.8 Å². The van der Waals surface area contributed by atoms with Crippen LogP contribution in [0.1, 0.15) is 78.1 Å². The third-order valence-electron chi connectivity index (χ3n) is 9.28. The molecule has 0 aromatic carbocycles. The Morgan fingerprint density at radius 3 is 2.49 bits per heavy atom. The van der Waals surface area contributed by atoms with E-state index in [0.717, 1.165) is 51.6 Å². The summed E-state index contributed by atoms with van der Waals surface area (Å²) in [7, 11) is 0. The first kappa shape index (κ1) is 25.3. The van der Waals surface area contributed by atoms with Crippen molar-refractivity contribution in [1.82, 2.24) is 14.7 Å². The van der Waals surface area contributed by atoms with Gasteiger partial charge in [-0.15, -0.1) is 13.2 Å². The molecule has 3 aliphatic heterocycles. The predicted octanol–water partition coefficient (Wildman–Crippen LogP) is 3.02. The van der Waals surface area contributed by atoms with Crippen LogP contribution in [0, 0.1) is 5.92 Å². The largest absolute Gasteiger partial charge is 0.522 e. The van der Waals surface area contributed by atoms with Gasteiger partial charge in [0.15, 0.2) is 0 Å². The normalized spacial score (nSPS) is 38.9. The zero-order valence-electron chi connectivity index (χ0n) is 20.8. The molecule has 0 radical (unpaired) electrons. The number of likely N-dealkylation sites (tertiary alicyclic amines) is 1. The molecule has 5 aliphatic rings. The summed E-state index contributed by atoms with van der Waals surface area (Å²) in [6, 6.07) is -0.985. The highest BCUT2D eigenvalue weighted by molar-refractivity contribution is 5.91. The molecule has 0 aromatic rings. The fourth-order valence-electron chi connectivity index (χ4n) is 7.47. The van der Waals surface area contributed by atoms with Gasteiger partial charge in [-0.2, -0.15) is 0 Å². The molecule has 1 spiro atoms. The summed E-state index contributed by atoms with van der Waals surface area (Å²) in [4.78, 5) is 33.2. The second-order valence-corrected chi connectivity index (χ2v) is 11.7. The lowest BCUT2D eigenvalue weighted by Gasteiger charge is -2.48. The highest BCUT2D eigenvalue weighted by atomic mass is 19.4. The first-order chi connectivity index (χ1) is 16.5. The number of carbonyl (C=O) groups is 2.